The smallest absolute Gasteiger partial charge is 0.411 e. The number of hydrogen-bond donors (Lipinski definition) is 1. The summed E-state index contributed by atoms with van der Waals surface area (Å²) >= 11 is 0. The van der Waals surface area contributed by atoms with Gasteiger partial charge in [-0.2, -0.15) is 0 Å². The van der Waals surface area contributed by atoms with Crippen molar-refractivity contribution in [2.45, 2.75) is 57.7 Å². The van der Waals surface area contributed by atoms with Crippen LogP contribution in [0.2, 0.25) is 0 Å². The zero-order chi connectivity index (χ0) is 14.5. The van der Waals surface area contributed by atoms with Crippen molar-refractivity contribution in [1.29, 1.82) is 0 Å². The van der Waals surface area contributed by atoms with Gasteiger partial charge in [-0.05, 0) is 40.0 Å². The van der Waals surface area contributed by atoms with Crippen LogP contribution in [0.4, 0.5) is 4.79 Å². The number of hydrogen-bond acceptors (Lipinski definition) is 3. The van der Waals surface area contributed by atoms with Gasteiger partial charge in [-0.15, -0.1) is 6.58 Å². The van der Waals surface area contributed by atoms with E-state index < -0.39 is 5.60 Å². The van der Waals surface area contributed by atoms with Crippen molar-refractivity contribution >= 4 is 6.09 Å². The molecule has 1 rings (SSSR count). The third-order valence-corrected chi connectivity index (χ3v) is 3.05. The summed E-state index contributed by atoms with van der Waals surface area (Å²) in [6.07, 6.45) is 7.71. The molecule has 0 aliphatic carbocycles. The molecule has 1 aliphatic heterocycles. The highest BCUT2D eigenvalue weighted by molar-refractivity contribution is 5.70. The molecule has 1 heterocycles. The maximum atomic E-state index is 12.3. The molecule has 108 valence electrons. The first kappa shape index (κ1) is 15.8. The Hall–Kier alpha value is -1.29. The second kappa shape index (κ2) is 6.75. The molecule has 0 spiro atoms. The molecule has 1 fully saturated rings. The van der Waals surface area contributed by atoms with Crippen LogP contribution in [0.3, 0.4) is 0 Å². The summed E-state index contributed by atoms with van der Waals surface area (Å²) in [4.78, 5) is 14.1. The van der Waals surface area contributed by atoms with Crippen molar-refractivity contribution in [2.75, 3.05) is 6.61 Å². The molecule has 2 atom stereocenters. The molecule has 0 bridgehead atoms. The van der Waals surface area contributed by atoms with E-state index in [0.717, 1.165) is 19.3 Å². The minimum atomic E-state index is -0.496. The fourth-order valence-corrected chi connectivity index (χ4v) is 2.34. The highest BCUT2D eigenvalue weighted by Gasteiger charge is 2.37. The number of rotatable bonds is 4. The molecular weight excluding hydrogens is 242 g/mol. The second-order valence-corrected chi connectivity index (χ2v) is 5.82. The van der Waals surface area contributed by atoms with Crippen LogP contribution in [-0.2, 0) is 4.74 Å². The Morgan fingerprint density at radius 3 is 2.68 bits per heavy atom. The summed E-state index contributed by atoms with van der Waals surface area (Å²) in [5.74, 6) is 0. The molecule has 0 aromatic rings. The number of likely N-dealkylation sites (tertiary alicyclic amines) is 1. The fraction of sp³-hybridized carbons (Fsp3) is 0.667. The van der Waals surface area contributed by atoms with Gasteiger partial charge < -0.3 is 9.84 Å². The van der Waals surface area contributed by atoms with Crippen LogP contribution < -0.4 is 0 Å². The van der Waals surface area contributed by atoms with Gasteiger partial charge in [0, 0.05) is 6.04 Å². The molecule has 0 aromatic carbocycles. The molecular formula is C15H25NO3. The predicted molar refractivity (Wildman–Crippen MR) is 75.9 cm³/mol. The Morgan fingerprint density at radius 2 is 2.16 bits per heavy atom. The van der Waals surface area contributed by atoms with Crippen LogP contribution in [-0.4, -0.2) is 40.4 Å². The van der Waals surface area contributed by atoms with E-state index in [2.05, 4.69) is 6.58 Å². The van der Waals surface area contributed by atoms with Crippen molar-refractivity contribution in [1.82, 2.24) is 4.90 Å². The Labute approximate surface area is 115 Å². The number of aliphatic hydroxyl groups is 1. The van der Waals surface area contributed by atoms with Gasteiger partial charge in [0.2, 0.25) is 0 Å². The van der Waals surface area contributed by atoms with Crippen LogP contribution in [0.5, 0.6) is 0 Å². The van der Waals surface area contributed by atoms with Crippen molar-refractivity contribution < 1.29 is 14.6 Å². The van der Waals surface area contributed by atoms with E-state index in [1.165, 1.54) is 0 Å². The third kappa shape index (κ3) is 4.71. The van der Waals surface area contributed by atoms with E-state index in [-0.39, 0.29) is 24.8 Å². The van der Waals surface area contributed by atoms with Gasteiger partial charge in [0.1, 0.15) is 5.60 Å². The molecule has 1 N–H and O–H groups in total. The molecule has 4 nitrogen and oxygen atoms in total. The van der Waals surface area contributed by atoms with Gasteiger partial charge in [0.05, 0.1) is 12.6 Å². The van der Waals surface area contributed by atoms with E-state index in [1.807, 2.05) is 32.9 Å². The van der Waals surface area contributed by atoms with Gasteiger partial charge in [-0.3, -0.25) is 4.90 Å². The molecule has 1 amide bonds. The lowest BCUT2D eigenvalue weighted by Gasteiger charge is -2.31. The lowest BCUT2D eigenvalue weighted by atomic mass is 10.1. The third-order valence-electron chi connectivity index (χ3n) is 3.05. The predicted octanol–water partition coefficient (Wildman–Crippen LogP) is 2.88. The first-order valence-electron chi connectivity index (χ1n) is 6.78. The number of aliphatic hydroxyl groups excluding tert-OH is 1. The van der Waals surface area contributed by atoms with E-state index in [9.17, 15) is 4.79 Å². The molecule has 0 radical (unpaired) electrons. The number of nitrogens with zero attached hydrogens (tertiary/aromatic N) is 1. The topological polar surface area (TPSA) is 49.8 Å². The summed E-state index contributed by atoms with van der Waals surface area (Å²) < 4.78 is 5.46. The minimum absolute atomic E-state index is 0.00644. The first-order valence-corrected chi connectivity index (χ1v) is 6.78. The zero-order valence-electron chi connectivity index (χ0n) is 12.1. The number of ether oxygens (including phenoxy) is 1. The van der Waals surface area contributed by atoms with Crippen LogP contribution in [0.25, 0.3) is 0 Å². The Kier molecular flexibility index (Phi) is 5.60. The molecule has 0 aromatic heterocycles. The maximum absolute atomic E-state index is 12.3. The fourth-order valence-electron chi connectivity index (χ4n) is 2.34. The zero-order valence-corrected chi connectivity index (χ0v) is 12.1. The van der Waals surface area contributed by atoms with Gasteiger partial charge in [0.25, 0.3) is 0 Å². The summed E-state index contributed by atoms with van der Waals surface area (Å²) in [6, 6.07) is 0.146. The number of amides is 1. The minimum Gasteiger partial charge on any atom is -0.444 e. The lowest BCUT2D eigenvalue weighted by Crippen LogP contribution is -2.43. The maximum Gasteiger partial charge on any atom is 0.411 e. The van der Waals surface area contributed by atoms with Crippen LogP contribution in [0, 0.1) is 0 Å². The normalized spacial score (nSPS) is 23.9. The van der Waals surface area contributed by atoms with Crippen molar-refractivity contribution in [2.24, 2.45) is 0 Å². The SMILES string of the molecule is C=CC[C@H]1CC[C@@H](C=CCO)N1C(=O)OC(C)(C)C. The number of carbonyl (C=O) groups excluding carboxylic acids is 1. The Bertz CT molecular complexity index is 344. The van der Waals surface area contributed by atoms with E-state index >= 15 is 0 Å². The van der Waals surface area contributed by atoms with E-state index in [0.29, 0.717) is 0 Å². The summed E-state index contributed by atoms with van der Waals surface area (Å²) in [7, 11) is 0. The van der Waals surface area contributed by atoms with E-state index in [4.69, 9.17) is 9.84 Å². The average molecular weight is 267 g/mol. The highest BCUT2D eigenvalue weighted by atomic mass is 16.6. The molecule has 19 heavy (non-hydrogen) atoms. The largest absolute Gasteiger partial charge is 0.444 e. The van der Waals surface area contributed by atoms with Crippen LogP contribution >= 0.6 is 0 Å². The molecule has 0 unspecified atom stereocenters. The first-order chi connectivity index (χ1) is 8.89. The summed E-state index contributed by atoms with van der Waals surface area (Å²) in [5, 5.41) is 8.87. The quantitative estimate of drug-likeness (QED) is 0.797. The number of carbonyl (C=O) groups is 1. The van der Waals surface area contributed by atoms with Crippen LogP contribution in [0.15, 0.2) is 24.8 Å². The summed E-state index contributed by atoms with van der Waals surface area (Å²) in [6.45, 7) is 9.32. The lowest BCUT2D eigenvalue weighted by molar-refractivity contribution is 0.0182. The second-order valence-electron chi connectivity index (χ2n) is 5.82. The van der Waals surface area contributed by atoms with Gasteiger partial charge >= 0.3 is 6.09 Å². The van der Waals surface area contributed by atoms with E-state index in [1.54, 1.807) is 11.0 Å². The van der Waals surface area contributed by atoms with Gasteiger partial charge in [0.15, 0.2) is 0 Å². The molecule has 1 aliphatic rings. The Balaban J connectivity index is 2.82. The Morgan fingerprint density at radius 1 is 1.47 bits per heavy atom. The van der Waals surface area contributed by atoms with Gasteiger partial charge in [-0.1, -0.05) is 18.2 Å². The molecule has 4 heteroatoms. The van der Waals surface area contributed by atoms with Crippen LogP contribution in [0.1, 0.15) is 40.0 Å². The van der Waals surface area contributed by atoms with Crippen molar-refractivity contribution in [3.05, 3.63) is 24.8 Å². The monoisotopic (exact) mass is 267 g/mol. The highest BCUT2D eigenvalue weighted by Crippen LogP contribution is 2.29. The molecule has 0 saturated carbocycles. The standard InChI is InChI=1S/C15H25NO3/c1-5-7-12-9-10-13(8-6-11-17)16(12)14(18)19-15(2,3)4/h5-6,8,12-13,17H,1,7,9-11H2,2-4H3/t12-,13+/m0/s1. The van der Waals surface area contributed by atoms with Gasteiger partial charge in [-0.25, -0.2) is 4.79 Å². The average Bonchev–Trinajstić information content (AvgIpc) is 2.67. The van der Waals surface area contributed by atoms with Crippen molar-refractivity contribution in [3.63, 3.8) is 0 Å². The summed E-state index contributed by atoms with van der Waals surface area (Å²) in [5.41, 5.74) is -0.496. The van der Waals surface area contributed by atoms with Crippen molar-refractivity contribution in [3.8, 4) is 0 Å². The molecule has 1 saturated heterocycles.